The third kappa shape index (κ3) is 2.83. The van der Waals surface area contributed by atoms with E-state index in [4.69, 9.17) is 11.5 Å². The van der Waals surface area contributed by atoms with Gasteiger partial charge in [-0.1, -0.05) is 68.3 Å². The van der Waals surface area contributed by atoms with Crippen LogP contribution < -0.4 is 11.5 Å². The van der Waals surface area contributed by atoms with E-state index in [-0.39, 0.29) is 12.1 Å². The molecule has 0 saturated heterocycles. The molecule has 4 N–H and O–H groups in total. The van der Waals surface area contributed by atoms with Crippen LogP contribution in [0.3, 0.4) is 0 Å². The van der Waals surface area contributed by atoms with Gasteiger partial charge in [-0.05, 0) is 23.3 Å². The number of hydrogen-bond acceptors (Lipinski definition) is 2. The van der Waals surface area contributed by atoms with E-state index in [1.807, 2.05) is 48.5 Å². The van der Waals surface area contributed by atoms with E-state index in [9.17, 15) is 0 Å². The summed E-state index contributed by atoms with van der Waals surface area (Å²) >= 11 is 7.02. The zero-order chi connectivity index (χ0) is 13.1. The molecule has 0 heterocycles. The van der Waals surface area contributed by atoms with Crippen LogP contribution in [-0.4, -0.2) is 0 Å². The van der Waals surface area contributed by atoms with E-state index in [1.54, 1.807) is 0 Å². The van der Waals surface area contributed by atoms with Gasteiger partial charge in [-0.2, -0.15) is 0 Å². The Labute approximate surface area is 124 Å². The normalized spacial score (nSPS) is 14.2. The summed E-state index contributed by atoms with van der Waals surface area (Å²) in [7, 11) is 0. The summed E-state index contributed by atoms with van der Waals surface area (Å²) in [6.07, 6.45) is 0. The lowest BCUT2D eigenvalue weighted by atomic mass is 9.95. The molecular weight excluding hydrogens is 356 g/mol. The largest absolute Gasteiger partial charge is 0.322 e. The highest BCUT2D eigenvalue weighted by atomic mass is 79.9. The Hall–Kier alpha value is -0.680. The zero-order valence-electron chi connectivity index (χ0n) is 9.68. The fourth-order valence-corrected chi connectivity index (χ4v) is 2.98. The first-order valence-electron chi connectivity index (χ1n) is 5.61. The number of hydrogen-bond donors (Lipinski definition) is 2. The molecule has 0 fully saturated rings. The van der Waals surface area contributed by atoms with Gasteiger partial charge in [0.1, 0.15) is 0 Å². The van der Waals surface area contributed by atoms with Gasteiger partial charge in [0.2, 0.25) is 0 Å². The minimum Gasteiger partial charge on any atom is -0.322 e. The summed E-state index contributed by atoms with van der Waals surface area (Å²) in [5.74, 6) is 0. The van der Waals surface area contributed by atoms with Crippen LogP contribution >= 0.6 is 31.9 Å². The Morgan fingerprint density at radius 1 is 0.667 bits per heavy atom. The predicted octanol–water partition coefficient (Wildman–Crippen LogP) is 3.91. The van der Waals surface area contributed by atoms with Gasteiger partial charge in [0.25, 0.3) is 0 Å². The molecule has 0 amide bonds. The first kappa shape index (κ1) is 13.7. The molecule has 2 rings (SSSR count). The van der Waals surface area contributed by atoms with Crippen molar-refractivity contribution in [2.75, 3.05) is 0 Å². The first-order valence-corrected chi connectivity index (χ1v) is 7.20. The average Bonchev–Trinajstić information content (AvgIpc) is 2.38. The van der Waals surface area contributed by atoms with Crippen LogP contribution in [0, 0.1) is 0 Å². The SMILES string of the molecule is NC(c1ccccc1Br)C(N)c1ccccc1Br. The fraction of sp³-hybridized carbons (Fsp3) is 0.143. The van der Waals surface area contributed by atoms with Gasteiger partial charge in [0, 0.05) is 8.95 Å². The maximum atomic E-state index is 6.26. The van der Waals surface area contributed by atoms with Crippen LogP contribution in [0.1, 0.15) is 23.2 Å². The summed E-state index contributed by atoms with van der Waals surface area (Å²) < 4.78 is 1.97. The predicted molar refractivity (Wildman–Crippen MR) is 82.1 cm³/mol. The number of halogens is 2. The Kier molecular flexibility index (Phi) is 4.56. The molecule has 0 saturated carbocycles. The lowest BCUT2D eigenvalue weighted by molar-refractivity contribution is 0.570. The molecule has 94 valence electrons. The van der Waals surface area contributed by atoms with E-state index in [2.05, 4.69) is 31.9 Å². The van der Waals surface area contributed by atoms with E-state index < -0.39 is 0 Å². The molecular formula is C14H14Br2N2. The Morgan fingerprint density at radius 2 is 1.00 bits per heavy atom. The van der Waals surface area contributed by atoms with Gasteiger partial charge in [0.15, 0.2) is 0 Å². The molecule has 18 heavy (non-hydrogen) atoms. The van der Waals surface area contributed by atoms with Crippen LogP contribution in [0.4, 0.5) is 0 Å². The first-order chi connectivity index (χ1) is 8.61. The second-order valence-electron chi connectivity index (χ2n) is 4.09. The van der Waals surface area contributed by atoms with Crippen molar-refractivity contribution in [3.05, 3.63) is 68.6 Å². The highest BCUT2D eigenvalue weighted by molar-refractivity contribution is 9.10. The smallest absolute Gasteiger partial charge is 0.0502 e. The van der Waals surface area contributed by atoms with Crippen molar-refractivity contribution in [2.24, 2.45) is 11.5 Å². The molecule has 2 nitrogen and oxygen atoms in total. The average molecular weight is 370 g/mol. The quantitative estimate of drug-likeness (QED) is 0.861. The molecule has 0 radical (unpaired) electrons. The molecule has 0 bridgehead atoms. The van der Waals surface area contributed by atoms with Crippen molar-refractivity contribution < 1.29 is 0 Å². The molecule has 0 aliphatic carbocycles. The molecule has 2 atom stereocenters. The Balaban J connectivity index is 2.33. The number of rotatable bonds is 3. The molecule has 0 aromatic heterocycles. The lowest BCUT2D eigenvalue weighted by Gasteiger charge is -2.22. The van der Waals surface area contributed by atoms with Crippen molar-refractivity contribution in [3.63, 3.8) is 0 Å². The summed E-state index contributed by atoms with van der Waals surface area (Å²) in [6.45, 7) is 0. The molecule has 0 aliphatic rings. The second-order valence-corrected chi connectivity index (χ2v) is 5.80. The summed E-state index contributed by atoms with van der Waals surface area (Å²) in [6, 6.07) is 15.3. The van der Waals surface area contributed by atoms with Gasteiger partial charge in [-0.3, -0.25) is 0 Å². The topological polar surface area (TPSA) is 52.0 Å². The molecule has 2 unspecified atom stereocenters. The maximum absolute atomic E-state index is 6.26. The fourth-order valence-electron chi connectivity index (χ4n) is 1.88. The van der Waals surface area contributed by atoms with E-state index in [1.165, 1.54) is 0 Å². The van der Waals surface area contributed by atoms with Crippen LogP contribution in [0.25, 0.3) is 0 Å². The third-order valence-corrected chi connectivity index (χ3v) is 4.36. The van der Waals surface area contributed by atoms with Crippen LogP contribution in [-0.2, 0) is 0 Å². The molecule has 2 aromatic carbocycles. The minimum absolute atomic E-state index is 0.251. The van der Waals surface area contributed by atoms with Crippen molar-refractivity contribution in [1.29, 1.82) is 0 Å². The van der Waals surface area contributed by atoms with Crippen molar-refractivity contribution in [2.45, 2.75) is 12.1 Å². The summed E-state index contributed by atoms with van der Waals surface area (Å²) in [5.41, 5.74) is 14.6. The van der Waals surface area contributed by atoms with Gasteiger partial charge in [0.05, 0.1) is 12.1 Å². The van der Waals surface area contributed by atoms with Gasteiger partial charge in [-0.15, -0.1) is 0 Å². The molecule has 0 spiro atoms. The molecule has 4 heteroatoms. The standard InChI is InChI=1S/C14H14Br2N2/c15-11-7-3-1-5-9(11)13(17)14(18)10-6-2-4-8-12(10)16/h1-8,13-14H,17-18H2. The van der Waals surface area contributed by atoms with Crippen molar-refractivity contribution in [1.82, 2.24) is 0 Å². The number of benzene rings is 2. The van der Waals surface area contributed by atoms with Crippen molar-refractivity contribution >= 4 is 31.9 Å². The Morgan fingerprint density at radius 3 is 1.33 bits per heavy atom. The Bertz CT molecular complexity index is 493. The van der Waals surface area contributed by atoms with Gasteiger partial charge < -0.3 is 11.5 Å². The number of nitrogens with two attached hydrogens (primary N) is 2. The molecule has 0 aliphatic heterocycles. The summed E-state index contributed by atoms with van der Waals surface area (Å²) in [4.78, 5) is 0. The summed E-state index contributed by atoms with van der Waals surface area (Å²) in [5, 5.41) is 0. The van der Waals surface area contributed by atoms with E-state index >= 15 is 0 Å². The van der Waals surface area contributed by atoms with E-state index in [0.717, 1.165) is 20.1 Å². The zero-order valence-corrected chi connectivity index (χ0v) is 12.9. The maximum Gasteiger partial charge on any atom is 0.0502 e. The van der Waals surface area contributed by atoms with Crippen LogP contribution in [0.15, 0.2) is 57.5 Å². The highest BCUT2D eigenvalue weighted by Gasteiger charge is 2.20. The molecule has 2 aromatic rings. The van der Waals surface area contributed by atoms with Crippen LogP contribution in [0.2, 0.25) is 0 Å². The highest BCUT2D eigenvalue weighted by Crippen LogP contribution is 2.32. The van der Waals surface area contributed by atoms with Crippen LogP contribution in [0.5, 0.6) is 0 Å². The second kappa shape index (κ2) is 5.97. The van der Waals surface area contributed by atoms with Crippen molar-refractivity contribution in [3.8, 4) is 0 Å². The van der Waals surface area contributed by atoms with Gasteiger partial charge in [-0.25, -0.2) is 0 Å². The van der Waals surface area contributed by atoms with Gasteiger partial charge >= 0.3 is 0 Å². The van der Waals surface area contributed by atoms with E-state index in [0.29, 0.717) is 0 Å². The third-order valence-electron chi connectivity index (χ3n) is 2.92. The monoisotopic (exact) mass is 368 g/mol. The minimum atomic E-state index is -0.251. The lowest BCUT2D eigenvalue weighted by Crippen LogP contribution is -2.27.